The minimum absolute atomic E-state index is 0.164. The summed E-state index contributed by atoms with van der Waals surface area (Å²) in [5.74, 6) is 1.80. The molecule has 0 bridgehead atoms. The molecule has 0 spiro atoms. The Hall–Kier alpha value is -1.80. The molecule has 2 heteroatoms. The van der Waals surface area contributed by atoms with Crippen molar-refractivity contribution in [2.24, 2.45) is 5.73 Å². The number of ether oxygens (including phenoxy) is 1. The molecule has 0 aromatic heterocycles. The van der Waals surface area contributed by atoms with Gasteiger partial charge >= 0.3 is 0 Å². The predicted octanol–water partition coefficient (Wildman–Crippen LogP) is 4.67. The molecule has 0 aliphatic rings. The third kappa shape index (κ3) is 4.33. The summed E-state index contributed by atoms with van der Waals surface area (Å²) in [6.07, 6.45) is 1.93. The maximum atomic E-state index is 6.03. The van der Waals surface area contributed by atoms with Crippen molar-refractivity contribution in [3.63, 3.8) is 0 Å². The van der Waals surface area contributed by atoms with Gasteiger partial charge in [0.25, 0.3) is 0 Å². The minimum atomic E-state index is 0.164. The number of hydrogen-bond acceptors (Lipinski definition) is 2. The summed E-state index contributed by atoms with van der Waals surface area (Å²) < 4.78 is 6.03. The Kier molecular flexibility index (Phi) is 5.03. The van der Waals surface area contributed by atoms with E-state index in [-0.39, 0.29) is 5.41 Å². The molecule has 2 aromatic carbocycles. The van der Waals surface area contributed by atoms with Gasteiger partial charge in [-0.1, -0.05) is 51.1 Å². The van der Waals surface area contributed by atoms with E-state index >= 15 is 0 Å². The molecule has 112 valence electrons. The third-order valence-electron chi connectivity index (χ3n) is 3.57. The maximum absolute atomic E-state index is 6.03. The molecule has 0 unspecified atom stereocenters. The quantitative estimate of drug-likeness (QED) is 0.865. The number of para-hydroxylation sites is 1. The van der Waals surface area contributed by atoms with Gasteiger partial charge in [0.2, 0.25) is 0 Å². The molecule has 0 saturated heterocycles. The first-order valence-electron chi connectivity index (χ1n) is 7.57. The van der Waals surface area contributed by atoms with Crippen LogP contribution in [0, 0.1) is 0 Å². The van der Waals surface area contributed by atoms with Crippen molar-refractivity contribution in [3.8, 4) is 11.5 Å². The highest BCUT2D eigenvalue weighted by Gasteiger charge is 2.13. The minimum Gasteiger partial charge on any atom is -0.457 e. The molecule has 2 nitrogen and oxygen atoms in total. The van der Waals surface area contributed by atoms with E-state index in [1.165, 1.54) is 11.1 Å². The number of rotatable bonds is 5. The summed E-state index contributed by atoms with van der Waals surface area (Å²) in [7, 11) is 0. The second-order valence-corrected chi connectivity index (χ2v) is 6.38. The second kappa shape index (κ2) is 6.77. The molecule has 0 fully saturated rings. The van der Waals surface area contributed by atoms with Crippen molar-refractivity contribution in [1.82, 2.24) is 0 Å². The Morgan fingerprint density at radius 2 is 1.62 bits per heavy atom. The Morgan fingerprint density at radius 1 is 0.952 bits per heavy atom. The summed E-state index contributed by atoms with van der Waals surface area (Å²) in [5.41, 5.74) is 8.28. The van der Waals surface area contributed by atoms with Gasteiger partial charge in [0.1, 0.15) is 11.5 Å². The van der Waals surface area contributed by atoms with Crippen molar-refractivity contribution in [2.75, 3.05) is 6.54 Å². The van der Waals surface area contributed by atoms with E-state index in [0.717, 1.165) is 24.3 Å². The van der Waals surface area contributed by atoms with Crippen LogP contribution in [-0.4, -0.2) is 6.54 Å². The number of aryl methyl sites for hydroxylation is 1. The highest BCUT2D eigenvalue weighted by atomic mass is 16.5. The van der Waals surface area contributed by atoms with Crippen LogP contribution in [0.5, 0.6) is 11.5 Å². The molecular formula is C19H25NO. The maximum Gasteiger partial charge on any atom is 0.130 e. The summed E-state index contributed by atoms with van der Waals surface area (Å²) in [5, 5.41) is 0. The Morgan fingerprint density at radius 3 is 2.24 bits per heavy atom. The van der Waals surface area contributed by atoms with E-state index in [9.17, 15) is 0 Å². The SMILES string of the molecule is CC(C)(C)c1ccc(Oc2ccccc2CCCN)cc1. The van der Waals surface area contributed by atoms with Crippen LogP contribution in [-0.2, 0) is 11.8 Å². The van der Waals surface area contributed by atoms with Crippen LogP contribution in [0.3, 0.4) is 0 Å². The summed E-state index contributed by atoms with van der Waals surface area (Å²) in [6.45, 7) is 7.34. The molecule has 0 radical (unpaired) electrons. The van der Waals surface area contributed by atoms with E-state index in [1.54, 1.807) is 0 Å². The fourth-order valence-electron chi connectivity index (χ4n) is 2.25. The predicted molar refractivity (Wildman–Crippen MR) is 89.0 cm³/mol. The average molecular weight is 283 g/mol. The number of hydrogen-bond donors (Lipinski definition) is 1. The molecule has 2 aromatic rings. The van der Waals surface area contributed by atoms with E-state index in [4.69, 9.17) is 10.5 Å². The molecule has 0 heterocycles. The Bertz CT molecular complexity index is 567. The topological polar surface area (TPSA) is 35.2 Å². The fraction of sp³-hybridized carbons (Fsp3) is 0.368. The van der Waals surface area contributed by atoms with Gasteiger partial charge in [0, 0.05) is 0 Å². The lowest BCUT2D eigenvalue weighted by Gasteiger charge is -2.19. The molecule has 0 saturated carbocycles. The van der Waals surface area contributed by atoms with Crippen molar-refractivity contribution in [1.29, 1.82) is 0 Å². The third-order valence-corrected chi connectivity index (χ3v) is 3.57. The van der Waals surface area contributed by atoms with Crippen LogP contribution in [0.25, 0.3) is 0 Å². The first kappa shape index (κ1) is 15.6. The van der Waals surface area contributed by atoms with E-state index < -0.39 is 0 Å². The van der Waals surface area contributed by atoms with Gasteiger partial charge in [-0.15, -0.1) is 0 Å². The van der Waals surface area contributed by atoms with Gasteiger partial charge in [-0.3, -0.25) is 0 Å². The molecule has 21 heavy (non-hydrogen) atoms. The van der Waals surface area contributed by atoms with Crippen LogP contribution in [0.15, 0.2) is 48.5 Å². The van der Waals surface area contributed by atoms with Gasteiger partial charge in [-0.25, -0.2) is 0 Å². The second-order valence-electron chi connectivity index (χ2n) is 6.38. The lowest BCUT2D eigenvalue weighted by atomic mass is 9.87. The van der Waals surface area contributed by atoms with Crippen LogP contribution >= 0.6 is 0 Å². The zero-order valence-electron chi connectivity index (χ0n) is 13.2. The van der Waals surface area contributed by atoms with E-state index in [2.05, 4.69) is 39.0 Å². The number of benzene rings is 2. The highest BCUT2D eigenvalue weighted by Crippen LogP contribution is 2.29. The Balaban J connectivity index is 2.15. The first-order valence-corrected chi connectivity index (χ1v) is 7.57. The van der Waals surface area contributed by atoms with Gasteiger partial charge in [0.15, 0.2) is 0 Å². The van der Waals surface area contributed by atoms with Crippen LogP contribution < -0.4 is 10.5 Å². The molecule has 2 N–H and O–H groups in total. The van der Waals surface area contributed by atoms with Crippen molar-refractivity contribution in [2.45, 2.75) is 39.0 Å². The average Bonchev–Trinajstić information content (AvgIpc) is 2.46. The molecule has 0 amide bonds. The molecule has 0 atom stereocenters. The van der Waals surface area contributed by atoms with Crippen LogP contribution in [0.1, 0.15) is 38.3 Å². The molecule has 0 aliphatic carbocycles. The monoisotopic (exact) mass is 283 g/mol. The van der Waals surface area contributed by atoms with Crippen LogP contribution in [0.4, 0.5) is 0 Å². The zero-order chi connectivity index (χ0) is 15.3. The van der Waals surface area contributed by atoms with Gasteiger partial charge in [-0.2, -0.15) is 0 Å². The fourth-order valence-corrected chi connectivity index (χ4v) is 2.25. The van der Waals surface area contributed by atoms with Crippen molar-refractivity contribution < 1.29 is 4.74 Å². The summed E-state index contributed by atoms with van der Waals surface area (Å²) in [6, 6.07) is 16.5. The zero-order valence-corrected chi connectivity index (χ0v) is 13.2. The largest absolute Gasteiger partial charge is 0.457 e. The van der Waals surface area contributed by atoms with Gasteiger partial charge < -0.3 is 10.5 Å². The lowest BCUT2D eigenvalue weighted by molar-refractivity contribution is 0.474. The first-order chi connectivity index (χ1) is 10.0. The van der Waals surface area contributed by atoms with Gasteiger partial charge in [-0.05, 0) is 54.1 Å². The smallest absolute Gasteiger partial charge is 0.130 e. The Labute approximate surface area is 127 Å². The number of nitrogens with two attached hydrogens (primary N) is 1. The standard InChI is InChI=1S/C19H25NO/c1-19(2,3)16-10-12-17(13-11-16)21-18-9-5-4-7-15(18)8-6-14-20/h4-5,7,9-13H,6,8,14,20H2,1-3H3. The van der Waals surface area contributed by atoms with E-state index in [1.807, 2.05) is 30.3 Å². The highest BCUT2D eigenvalue weighted by molar-refractivity contribution is 5.39. The van der Waals surface area contributed by atoms with Crippen molar-refractivity contribution in [3.05, 3.63) is 59.7 Å². The molecular weight excluding hydrogens is 258 g/mol. The van der Waals surface area contributed by atoms with E-state index in [0.29, 0.717) is 6.54 Å². The summed E-state index contributed by atoms with van der Waals surface area (Å²) in [4.78, 5) is 0. The molecule has 0 aliphatic heterocycles. The van der Waals surface area contributed by atoms with Gasteiger partial charge in [0.05, 0.1) is 0 Å². The molecule has 2 rings (SSSR count). The lowest BCUT2D eigenvalue weighted by Crippen LogP contribution is -2.10. The normalized spacial score (nSPS) is 11.4. The summed E-state index contributed by atoms with van der Waals surface area (Å²) >= 11 is 0. The van der Waals surface area contributed by atoms with Crippen molar-refractivity contribution >= 4 is 0 Å². The van der Waals surface area contributed by atoms with Crippen LogP contribution in [0.2, 0.25) is 0 Å².